The SMILES string of the molecule is CCC1CC2C(c3ccccc3)C=CC=CC2C1[Si](C)(C)N1CNCNC1. The lowest BCUT2D eigenvalue weighted by molar-refractivity contribution is 0.278. The van der Waals surface area contributed by atoms with Crippen LogP contribution in [0.15, 0.2) is 54.6 Å². The first-order valence-electron chi connectivity index (χ1n) is 10.7. The monoisotopic (exact) mass is 381 g/mol. The van der Waals surface area contributed by atoms with E-state index >= 15 is 0 Å². The van der Waals surface area contributed by atoms with Gasteiger partial charge in [0.15, 0.2) is 0 Å². The second-order valence-electron chi connectivity index (χ2n) is 9.06. The molecule has 0 bridgehead atoms. The van der Waals surface area contributed by atoms with Gasteiger partial charge in [-0.1, -0.05) is 81.1 Å². The van der Waals surface area contributed by atoms with Gasteiger partial charge in [0.1, 0.15) is 8.24 Å². The lowest BCUT2D eigenvalue weighted by Crippen LogP contribution is -2.63. The smallest absolute Gasteiger partial charge is 0.129 e. The summed E-state index contributed by atoms with van der Waals surface area (Å²) in [5.41, 5.74) is 2.31. The van der Waals surface area contributed by atoms with Crippen LogP contribution in [0.2, 0.25) is 18.6 Å². The van der Waals surface area contributed by atoms with Crippen LogP contribution in [-0.4, -0.2) is 32.8 Å². The Morgan fingerprint density at radius 1 is 1.04 bits per heavy atom. The summed E-state index contributed by atoms with van der Waals surface area (Å²) < 4.78 is 2.75. The molecule has 0 radical (unpaired) electrons. The molecule has 1 saturated carbocycles. The van der Waals surface area contributed by atoms with Crippen LogP contribution in [0.3, 0.4) is 0 Å². The predicted octanol–water partition coefficient (Wildman–Crippen LogP) is 4.50. The maximum Gasteiger partial charge on any atom is 0.129 e. The Morgan fingerprint density at radius 3 is 2.44 bits per heavy atom. The number of benzene rings is 1. The maximum atomic E-state index is 3.54. The first-order chi connectivity index (χ1) is 13.1. The van der Waals surface area contributed by atoms with Crippen LogP contribution < -0.4 is 10.6 Å². The Labute approximate surface area is 166 Å². The molecule has 2 N–H and O–H groups in total. The van der Waals surface area contributed by atoms with Gasteiger partial charge in [0.05, 0.1) is 0 Å². The van der Waals surface area contributed by atoms with E-state index in [0.29, 0.717) is 11.8 Å². The van der Waals surface area contributed by atoms with E-state index in [9.17, 15) is 0 Å². The van der Waals surface area contributed by atoms with Crippen molar-refractivity contribution < 1.29 is 0 Å². The summed E-state index contributed by atoms with van der Waals surface area (Å²) >= 11 is 0. The molecule has 146 valence electrons. The lowest BCUT2D eigenvalue weighted by atomic mass is 9.80. The summed E-state index contributed by atoms with van der Waals surface area (Å²) in [6, 6.07) is 11.2. The van der Waals surface area contributed by atoms with Crippen LogP contribution in [0.1, 0.15) is 31.2 Å². The second kappa shape index (κ2) is 8.04. The summed E-state index contributed by atoms with van der Waals surface area (Å²) in [4.78, 5) is 0. The minimum absolute atomic E-state index is 0.549. The molecule has 4 rings (SSSR count). The van der Waals surface area contributed by atoms with Crippen molar-refractivity contribution in [2.75, 3.05) is 20.0 Å². The highest BCUT2D eigenvalue weighted by molar-refractivity contribution is 6.76. The molecule has 4 heteroatoms. The fraction of sp³-hybridized carbons (Fsp3) is 0.565. The molecule has 1 heterocycles. The van der Waals surface area contributed by atoms with Crippen LogP contribution in [-0.2, 0) is 0 Å². The quantitative estimate of drug-likeness (QED) is 0.752. The summed E-state index contributed by atoms with van der Waals surface area (Å²) in [5, 5.41) is 7.07. The van der Waals surface area contributed by atoms with E-state index in [1.165, 1.54) is 18.4 Å². The van der Waals surface area contributed by atoms with E-state index < -0.39 is 8.24 Å². The van der Waals surface area contributed by atoms with Gasteiger partial charge in [-0.05, 0) is 35.3 Å². The Hall–Kier alpha value is -1.20. The number of nitrogens with one attached hydrogen (secondary N) is 2. The standard InChI is InChI=1S/C23H35N3Si/c1-4-18-14-22-20(19-10-6-5-7-11-19)12-8-9-13-21(22)23(18)27(2,3)26-16-24-15-25-17-26/h5-13,18,20-25H,4,14-17H2,1-3H3. The van der Waals surface area contributed by atoms with Crippen molar-refractivity contribution >= 4 is 8.24 Å². The zero-order valence-electron chi connectivity index (χ0n) is 17.1. The van der Waals surface area contributed by atoms with Crippen molar-refractivity contribution in [3.63, 3.8) is 0 Å². The molecule has 1 aliphatic heterocycles. The van der Waals surface area contributed by atoms with E-state index in [1.54, 1.807) is 0 Å². The highest BCUT2D eigenvalue weighted by Gasteiger charge is 2.53. The molecular formula is C23H35N3Si. The van der Waals surface area contributed by atoms with Gasteiger partial charge in [0.25, 0.3) is 0 Å². The van der Waals surface area contributed by atoms with Crippen LogP contribution in [0.5, 0.6) is 0 Å². The van der Waals surface area contributed by atoms with Crippen molar-refractivity contribution in [3.8, 4) is 0 Å². The molecule has 2 aliphatic carbocycles. The number of nitrogens with zero attached hydrogens (tertiary/aromatic N) is 1. The molecule has 5 unspecified atom stereocenters. The largest absolute Gasteiger partial charge is 0.299 e. The third-order valence-electron chi connectivity index (χ3n) is 7.41. The number of fused-ring (bicyclic) bond motifs is 1. The lowest BCUT2D eigenvalue weighted by Gasteiger charge is -2.47. The van der Waals surface area contributed by atoms with Gasteiger partial charge in [0, 0.05) is 25.9 Å². The molecule has 0 spiro atoms. The average Bonchev–Trinajstić information content (AvgIpc) is 2.96. The number of rotatable bonds is 4. The molecule has 2 fully saturated rings. The molecule has 1 aromatic rings. The minimum atomic E-state index is -1.59. The van der Waals surface area contributed by atoms with E-state index in [0.717, 1.165) is 37.4 Å². The van der Waals surface area contributed by atoms with E-state index in [1.807, 2.05) is 0 Å². The number of allylic oxidation sites excluding steroid dienone is 4. The van der Waals surface area contributed by atoms with Crippen molar-refractivity contribution in [2.45, 2.75) is 44.3 Å². The van der Waals surface area contributed by atoms with Crippen molar-refractivity contribution in [1.29, 1.82) is 0 Å². The average molecular weight is 382 g/mol. The molecular weight excluding hydrogens is 346 g/mol. The van der Waals surface area contributed by atoms with Crippen molar-refractivity contribution in [1.82, 2.24) is 15.2 Å². The van der Waals surface area contributed by atoms with E-state index in [-0.39, 0.29) is 0 Å². The predicted molar refractivity (Wildman–Crippen MR) is 117 cm³/mol. The molecule has 1 saturated heterocycles. The van der Waals surface area contributed by atoms with Gasteiger partial charge in [-0.3, -0.25) is 15.2 Å². The van der Waals surface area contributed by atoms with Gasteiger partial charge in [-0.25, -0.2) is 0 Å². The van der Waals surface area contributed by atoms with Gasteiger partial charge in [0.2, 0.25) is 0 Å². The Morgan fingerprint density at radius 2 is 1.74 bits per heavy atom. The van der Waals surface area contributed by atoms with Gasteiger partial charge in [-0.15, -0.1) is 0 Å². The molecule has 1 aromatic carbocycles. The van der Waals surface area contributed by atoms with Crippen molar-refractivity contribution in [3.05, 3.63) is 60.2 Å². The van der Waals surface area contributed by atoms with Crippen LogP contribution >= 0.6 is 0 Å². The van der Waals surface area contributed by atoms with Crippen molar-refractivity contribution in [2.24, 2.45) is 17.8 Å². The van der Waals surface area contributed by atoms with Crippen LogP contribution in [0.25, 0.3) is 0 Å². The van der Waals surface area contributed by atoms with Crippen LogP contribution in [0, 0.1) is 17.8 Å². The highest BCUT2D eigenvalue weighted by Crippen LogP contribution is 2.57. The minimum Gasteiger partial charge on any atom is -0.299 e. The molecule has 0 amide bonds. The van der Waals surface area contributed by atoms with Gasteiger partial charge < -0.3 is 0 Å². The normalized spacial score (nSPS) is 34.4. The van der Waals surface area contributed by atoms with Crippen LogP contribution in [0.4, 0.5) is 0 Å². The first kappa shape index (κ1) is 19.1. The zero-order chi connectivity index (χ0) is 18.9. The fourth-order valence-corrected chi connectivity index (χ4v) is 10.3. The number of hydrogen-bond acceptors (Lipinski definition) is 3. The molecule has 5 atom stereocenters. The molecule has 27 heavy (non-hydrogen) atoms. The Bertz CT molecular complexity index is 678. The summed E-state index contributed by atoms with van der Waals surface area (Å²) in [5.74, 6) is 2.81. The number of hydrogen-bond donors (Lipinski definition) is 2. The van der Waals surface area contributed by atoms with Gasteiger partial charge in [-0.2, -0.15) is 0 Å². The Balaban J connectivity index is 1.67. The first-order valence-corrected chi connectivity index (χ1v) is 13.7. The zero-order valence-corrected chi connectivity index (χ0v) is 18.1. The molecule has 3 nitrogen and oxygen atoms in total. The van der Waals surface area contributed by atoms with E-state index in [4.69, 9.17) is 0 Å². The third-order valence-corrected chi connectivity index (χ3v) is 11.8. The summed E-state index contributed by atoms with van der Waals surface area (Å²) in [6.07, 6.45) is 12.3. The molecule has 3 aliphatic rings. The van der Waals surface area contributed by atoms with E-state index in [2.05, 4.69) is 89.9 Å². The molecule has 0 aromatic heterocycles. The summed E-state index contributed by atoms with van der Waals surface area (Å²) in [6.45, 7) is 10.7. The third kappa shape index (κ3) is 3.60. The maximum absolute atomic E-state index is 3.54. The van der Waals surface area contributed by atoms with Gasteiger partial charge >= 0.3 is 0 Å². The summed E-state index contributed by atoms with van der Waals surface area (Å²) in [7, 11) is -1.59. The topological polar surface area (TPSA) is 27.3 Å². The Kier molecular flexibility index (Phi) is 5.69. The fourth-order valence-electron chi connectivity index (χ4n) is 6.05. The second-order valence-corrected chi connectivity index (χ2v) is 13.7. The highest BCUT2D eigenvalue weighted by atomic mass is 28.3.